The fraction of sp³-hybridized carbons (Fsp3) is 0.217. The molecule has 27 heavy (non-hydrogen) atoms. The lowest BCUT2D eigenvalue weighted by Gasteiger charge is -2.17. The molecule has 0 unspecified atom stereocenters. The second kappa shape index (κ2) is 7.23. The van der Waals surface area contributed by atoms with Crippen LogP contribution in [0.4, 0.5) is 5.69 Å². The topological polar surface area (TPSA) is 49.4 Å². The number of hydrogen-bond donors (Lipinski definition) is 1. The fourth-order valence-corrected chi connectivity index (χ4v) is 3.53. The van der Waals surface area contributed by atoms with E-state index in [4.69, 9.17) is 0 Å². The number of fused-ring (bicyclic) bond motifs is 1. The highest BCUT2D eigenvalue weighted by molar-refractivity contribution is 5.98. The molecule has 1 aliphatic rings. The minimum atomic E-state index is -0.311. The maximum Gasteiger partial charge on any atom is 0.229 e. The summed E-state index contributed by atoms with van der Waals surface area (Å²) in [5, 5.41) is 5.19. The van der Waals surface area contributed by atoms with Gasteiger partial charge in [-0.15, -0.1) is 0 Å². The quantitative estimate of drug-likeness (QED) is 0.762. The monoisotopic (exact) mass is 358 g/mol. The van der Waals surface area contributed by atoms with Crippen molar-refractivity contribution < 1.29 is 9.59 Å². The lowest BCUT2D eigenvalue weighted by atomic mass is 10.1. The largest absolute Gasteiger partial charge is 0.338 e. The number of nitrogens with zero attached hydrogens (tertiary/aromatic N) is 1. The van der Waals surface area contributed by atoms with Crippen molar-refractivity contribution in [2.75, 3.05) is 11.9 Å². The average Bonchev–Trinajstić information content (AvgIpc) is 3.04. The molecule has 3 aromatic carbocycles. The first-order valence-electron chi connectivity index (χ1n) is 9.21. The molecule has 1 atom stereocenters. The second-order valence-electron chi connectivity index (χ2n) is 7.21. The molecule has 2 amide bonds. The highest BCUT2D eigenvalue weighted by atomic mass is 16.2. The molecule has 1 fully saturated rings. The Balaban J connectivity index is 1.41. The summed E-state index contributed by atoms with van der Waals surface area (Å²) in [6.45, 7) is 3.06. The molecule has 1 saturated heterocycles. The molecule has 0 bridgehead atoms. The summed E-state index contributed by atoms with van der Waals surface area (Å²) in [5.74, 6) is -0.367. The zero-order chi connectivity index (χ0) is 18.8. The minimum Gasteiger partial charge on any atom is -0.338 e. The van der Waals surface area contributed by atoms with Crippen LogP contribution in [0.1, 0.15) is 17.5 Å². The molecule has 1 heterocycles. The Kier molecular flexibility index (Phi) is 4.63. The van der Waals surface area contributed by atoms with Gasteiger partial charge in [0.25, 0.3) is 0 Å². The maximum absolute atomic E-state index is 12.6. The summed E-state index contributed by atoms with van der Waals surface area (Å²) in [4.78, 5) is 26.8. The van der Waals surface area contributed by atoms with Crippen molar-refractivity contribution in [2.45, 2.75) is 19.9 Å². The van der Waals surface area contributed by atoms with Crippen molar-refractivity contribution >= 4 is 28.3 Å². The Morgan fingerprint density at radius 1 is 1.04 bits per heavy atom. The predicted octanol–water partition coefficient (Wildman–Crippen LogP) is 4.14. The fourth-order valence-electron chi connectivity index (χ4n) is 3.53. The molecule has 1 aliphatic heterocycles. The molecule has 0 spiro atoms. The van der Waals surface area contributed by atoms with Gasteiger partial charge in [0.2, 0.25) is 11.8 Å². The summed E-state index contributed by atoms with van der Waals surface area (Å²) < 4.78 is 0. The normalized spacial score (nSPS) is 16.7. The van der Waals surface area contributed by atoms with E-state index in [0.717, 1.165) is 22.0 Å². The van der Waals surface area contributed by atoms with Gasteiger partial charge in [0.15, 0.2) is 0 Å². The van der Waals surface area contributed by atoms with E-state index >= 15 is 0 Å². The lowest BCUT2D eigenvalue weighted by Crippen LogP contribution is -2.28. The number of hydrogen-bond acceptors (Lipinski definition) is 2. The van der Waals surface area contributed by atoms with Gasteiger partial charge >= 0.3 is 0 Å². The molecule has 4 nitrogen and oxygen atoms in total. The van der Waals surface area contributed by atoms with Crippen LogP contribution < -0.4 is 5.32 Å². The summed E-state index contributed by atoms with van der Waals surface area (Å²) >= 11 is 0. The first-order chi connectivity index (χ1) is 13.1. The van der Waals surface area contributed by atoms with Gasteiger partial charge in [-0.1, -0.05) is 60.2 Å². The maximum atomic E-state index is 12.6. The highest BCUT2D eigenvalue weighted by Crippen LogP contribution is 2.24. The van der Waals surface area contributed by atoms with Gasteiger partial charge in [-0.25, -0.2) is 0 Å². The first-order valence-corrected chi connectivity index (χ1v) is 9.21. The van der Waals surface area contributed by atoms with Crippen LogP contribution in [0.5, 0.6) is 0 Å². The smallest absolute Gasteiger partial charge is 0.229 e. The number of anilines is 1. The van der Waals surface area contributed by atoms with Crippen LogP contribution in [-0.2, 0) is 16.1 Å². The van der Waals surface area contributed by atoms with Gasteiger partial charge in [0.1, 0.15) is 0 Å². The number of amides is 2. The van der Waals surface area contributed by atoms with Gasteiger partial charge in [0.05, 0.1) is 5.92 Å². The van der Waals surface area contributed by atoms with Crippen molar-refractivity contribution in [2.24, 2.45) is 5.92 Å². The zero-order valence-electron chi connectivity index (χ0n) is 15.3. The van der Waals surface area contributed by atoms with E-state index in [2.05, 4.69) is 5.32 Å². The van der Waals surface area contributed by atoms with Crippen LogP contribution >= 0.6 is 0 Å². The van der Waals surface area contributed by atoms with E-state index in [-0.39, 0.29) is 24.2 Å². The zero-order valence-corrected chi connectivity index (χ0v) is 15.3. The van der Waals surface area contributed by atoms with E-state index < -0.39 is 0 Å². The Morgan fingerprint density at radius 3 is 2.56 bits per heavy atom. The molecule has 4 heteroatoms. The van der Waals surface area contributed by atoms with Crippen LogP contribution in [0.15, 0.2) is 66.7 Å². The van der Waals surface area contributed by atoms with Crippen molar-refractivity contribution in [3.05, 3.63) is 77.9 Å². The number of aryl methyl sites for hydroxylation is 1. The van der Waals surface area contributed by atoms with E-state index in [1.54, 1.807) is 4.90 Å². The molecular formula is C23H22N2O2. The number of carbonyl (C=O) groups excluding carboxylic acids is 2. The van der Waals surface area contributed by atoms with E-state index in [0.29, 0.717) is 13.1 Å². The highest BCUT2D eigenvalue weighted by Gasteiger charge is 2.34. The van der Waals surface area contributed by atoms with Gasteiger partial charge in [-0.3, -0.25) is 9.59 Å². The average molecular weight is 358 g/mol. The van der Waals surface area contributed by atoms with Crippen molar-refractivity contribution in [1.82, 2.24) is 4.90 Å². The Bertz CT molecular complexity index is 995. The number of benzene rings is 3. The van der Waals surface area contributed by atoms with Gasteiger partial charge in [0, 0.05) is 25.2 Å². The number of nitrogens with one attached hydrogen (secondary N) is 1. The van der Waals surface area contributed by atoms with Gasteiger partial charge < -0.3 is 10.2 Å². The van der Waals surface area contributed by atoms with Crippen LogP contribution in [-0.4, -0.2) is 23.3 Å². The molecule has 3 aromatic rings. The third kappa shape index (κ3) is 3.85. The lowest BCUT2D eigenvalue weighted by molar-refractivity contribution is -0.128. The molecule has 0 aromatic heterocycles. The van der Waals surface area contributed by atoms with Crippen LogP contribution in [0.3, 0.4) is 0 Å². The number of carbonyl (C=O) groups is 2. The summed E-state index contributed by atoms with van der Waals surface area (Å²) in [6, 6.07) is 22.0. The molecule has 1 N–H and O–H groups in total. The summed E-state index contributed by atoms with van der Waals surface area (Å²) in [5.41, 5.74) is 3.05. The summed E-state index contributed by atoms with van der Waals surface area (Å²) in [7, 11) is 0. The predicted molar refractivity (Wildman–Crippen MR) is 107 cm³/mol. The van der Waals surface area contributed by atoms with Gasteiger partial charge in [-0.05, 0) is 35.4 Å². The molecular weight excluding hydrogens is 336 g/mol. The Labute approximate surface area is 158 Å². The second-order valence-corrected chi connectivity index (χ2v) is 7.21. The van der Waals surface area contributed by atoms with E-state index in [9.17, 15) is 9.59 Å². The molecule has 136 valence electrons. The van der Waals surface area contributed by atoms with Crippen LogP contribution in [0.25, 0.3) is 10.8 Å². The van der Waals surface area contributed by atoms with Crippen molar-refractivity contribution in [3.63, 3.8) is 0 Å². The van der Waals surface area contributed by atoms with Gasteiger partial charge in [-0.2, -0.15) is 0 Å². The van der Waals surface area contributed by atoms with E-state index in [1.165, 1.54) is 5.56 Å². The molecule has 0 saturated carbocycles. The molecule has 0 aliphatic carbocycles. The first kappa shape index (κ1) is 17.3. The van der Waals surface area contributed by atoms with Crippen LogP contribution in [0.2, 0.25) is 0 Å². The Morgan fingerprint density at radius 2 is 1.78 bits per heavy atom. The third-order valence-corrected chi connectivity index (χ3v) is 5.10. The third-order valence-electron chi connectivity index (χ3n) is 5.10. The molecule has 0 radical (unpaired) electrons. The van der Waals surface area contributed by atoms with E-state index in [1.807, 2.05) is 73.7 Å². The number of rotatable bonds is 4. The van der Waals surface area contributed by atoms with Crippen molar-refractivity contribution in [1.29, 1.82) is 0 Å². The minimum absolute atomic E-state index is 0.0363. The molecule has 4 rings (SSSR count). The number of likely N-dealkylation sites (tertiary alicyclic amines) is 1. The standard InChI is InChI=1S/C23H22N2O2/c1-16-6-8-17(9-7-16)14-25-15-20(13-22(25)26)23(27)24-21-11-10-18-4-2-3-5-19(18)12-21/h2-12,20H,13-15H2,1H3,(H,24,27)/t20-/m1/s1. The summed E-state index contributed by atoms with van der Waals surface area (Å²) in [6.07, 6.45) is 0.269. The van der Waals surface area contributed by atoms with Crippen LogP contribution in [0, 0.1) is 12.8 Å². The SMILES string of the molecule is Cc1ccc(CN2C[C@H](C(=O)Nc3ccc4ccccc4c3)CC2=O)cc1. The van der Waals surface area contributed by atoms with Crippen molar-refractivity contribution in [3.8, 4) is 0 Å². The Hall–Kier alpha value is -3.14.